The zero-order valence-corrected chi connectivity index (χ0v) is 15.3. The van der Waals surface area contributed by atoms with Crippen LogP contribution in [-0.4, -0.2) is 41.3 Å². The minimum Gasteiger partial charge on any atom is -0.491 e. The topological polar surface area (TPSA) is 32.7 Å². The van der Waals surface area contributed by atoms with E-state index in [1.807, 2.05) is 0 Å². The highest BCUT2D eigenvalue weighted by Gasteiger charge is 2.18. The highest BCUT2D eigenvalue weighted by molar-refractivity contribution is 5.39. The molecule has 0 radical (unpaired) electrons. The summed E-state index contributed by atoms with van der Waals surface area (Å²) in [6, 6.07) is 7.12. The Balaban J connectivity index is 2.67. The van der Waals surface area contributed by atoms with Gasteiger partial charge >= 0.3 is 0 Å². The largest absolute Gasteiger partial charge is 0.491 e. The standard InChI is InChI=1S/C19H33NO2/c1-13(2)18-9-8-16(7)10-19(18)22-12-17(21)11-20(14(3)4)15(5)6/h8-10,13-15,17,21H,11-12H2,1-7H3/t17-/m0/s1. The molecule has 0 unspecified atom stereocenters. The lowest BCUT2D eigenvalue weighted by Gasteiger charge is -2.32. The molecule has 0 aliphatic heterocycles. The molecule has 1 rings (SSSR count). The molecule has 1 atom stereocenters. The van der Waals surface area contributed by atoms with Crippen molar-refractivity contribution in [3.05, 3.63) is 29.3 Å². The van der Waals surface area contributed by atoms with Gasteiger partial charge in [-0.2, -0.15) is 0 Å². The average Bonchev–Trinajstić information content (AvgIpc) is 2.41. The predicted octanol–water partition coefficient (Wildman–Crippen LogP) is 3.98. The van der Waals surface area contributed by atoms with E-state index in [2.05, 4.69) is 71.6 Å². The van der Waals surface area contributed by atoms with Gasteiger partial charge in [0.15, 0.2) is 0 Å². The van der Waals surface area contributed by atoms with Crippen molar-refractivity contribution in [1.29, 1.82) is 0 Å². The number of aliphatic hydroxyl groups is 1. The van der Waals surface area contributed by atoms with E-state index in [1.165, 1.54) is 11.1 Å². The van der Waals surface area contributed by atoms with Crippen LogP contribution in [-0.2, 0) is 0 Å². The van der Waals surface area contributed by atoms with Gasteiger partial charge in [-0.3, -0.25) is 4.90 Å². The summed E-state index contributed by atoms with van der Waals surface area (Å²) in [4.78, 5) is 2.29. The van der Waals surface area contributed by atoms with Crippen LogP contribution in [0.1, 0.15) is 58.6 Å². The molecule has 1 aromatic rings. The van der Waals surface area contributed by atoms with E-state index in [4.69, 9.17) is 4.74 Å². The predicted molar refractivity (Wildman–Crippen MR) is 93.7 cm³/mol. The van der Waals surface area contributed by atoms with Crippen molar-refractivity contribution in [1.82, 2.24) is 4.90 Å². The number of benzene rings is 1. The number of rotatable bonds is 8. The number of ether oxygens (including phenoxy) is 1. The third-order valence-electron chi connectivity index (χ3n) is 3.97. The number of nitrogens with zero attached hydrogens (tertiary/aromatic N) is 1. The van der Waals surface area contributed by atoms with E-state index in [0.29, 0.717) is 31.2 Å². The third-order valence-corrected chi connectivity index (χ3v) is 3.97. The summed E-state index contributed by atoms with van der Waals surface area (Å²) in [6.45, 7) is 16.0. The normalized spacial score (nSPS) is 13.5. The first-order valence-electron chi connectivity index (χ1n) is 8.39. The number of aliphatic hydroxyl groups excluding tert-OH is 1. The lowest BCUT2D eigenvalue weighted by molar-refractivity contribution is 0.0442. The van der Waals surface area contributed by atoms with E-state index >= 15 is 0 Å². The van der Waals surface area contributed by atoms with Gasteiger partial charge < -0.3 is 9.84 Å². The number of hydrogen-bond donors (Lipinski definition) is 1. The van der Waals surface area contributed by atoms with E-state index in [1.54, 1.807) is 0 Å². The van der Waals surface area contributed by atoms with Gasteiger partial charge in [-0.1, -0.05) is 26.0 Å². The molecule has 3 nitrogen and oxygen atoms in total. The Hall–Kier alpha value is -1.06. The molecule has 3 heteroatoms. The van der Waals surface area contributed by atoms with Crippen molar-refractivity contribution >= 4 is 0 Å². The first-order valence-corrected chi connectivity index (χ1v) is 8.39. The van der Waals surface area contributed by atoms with Crippen molar-refractivity contribution in [3.8, 4) is 5.75 Å². The summed E-state index contributed by atoms with van der Waals surface area (Å²) in [5.74, 6) is 1.31. The molecule has 0 aliphatic rings. The van der Waals surface area contributed by atoms with Crippen LogP contribution in [0, 0.1) is 6.92 Å². The Morgan fingerprint density at radius 2 is 1.64 bits per heavy atom. The fourth-order valence-electron chi connectivity index (χ4n) is 2.74. The second-order valence-electron chi connectivity index (χ2n) is 7.05. The lowest BCUT2D eigenvalue weighted by Crippen LogP contribution is -2.43. The summed E-state index contributed by atoms with van der Waals surface area (Å²) >= 11 is 0. The van der Waals surface area contributed by atoms with Gasteiger partial charge in [0.25, 0.3) is 0 Å². The minimum absolute atomic E-state index is 0.332. The molecule has 0 fully saturated rings. The van der Waals surface area contributed by atoms with Gasteiger partial charge in [-0.05, 0) is 57.7 Å². The molecule has 0 saturated heterocycles. The minimum atomic E-state index is -0.481. The molecule has 22 heavy (non-hydrogen) atoms. The van der Waals surface area contributed by atoms with Crippen LogP contribution in [0.3, 0.4) is 0 Å². The smallest absolute Gasteiger partial charge is 0.123 e. The van der Waals surface area contributed by atoms with Gasteiger partial charge in [0, 0.05) is 18.6 Å². The molecule has 0 heterocycles. The summed E-state index contributed by atoms with van der Waals surface area (Å²) in [7, 11) is 0. The van der Waals surface area contributed by atoms with Crippen LogP contribution in [0.2, 0.25) is 0 Å². The Labute approximate surface area is 136 Å². The van der Waals surface area contributed by atoms with Crippen LogP contribution in [0.25, 0.3) is 0 Å². The van der Waals surface area contributed by atoms with Crippen molar-refractivity contribution in [2.24, 2.45) is 0 Å². The molecule has 0 spiro atoms. The molecule has 0 bridgehead atoms. The van der Waals surface area contributed by atoms with Crippen molar-refractivity contribution in [2.45, 2.75) is 72.6 Å². The van der Waals surface area contributed by atoms with E-state index in [-0.39, 0.29) is 0 Å². The Morgan fingerprint density at radius 1 is 1.05 bits per heavy atom. The lowest BCUT2D eigenvalue weighted by atomic mass is 10.0. The van der Waals surface area contributed by atoms with Crippen LogP contribution in [0.15, 0.2) is 18.2 Å². The second-order valence-corrected chi connectivity index (χ2v) is 7.05. The Bertz CT molecular complexity index is 447. The highest BCUT2D eigenvalue weighted by atomic mass is 16.5. The molecule has 126 valence electrons. The van der Waals surface area contributed by atoms with Crippen LogP contribution < -0.4 is 4.74 Å². The van der Waals surface area contributed by atoms with Crippen molar-refractivity contribution in [3.63, 3.8) is 0 Å². The Morgan fingerprint density at radius 3 is 2.14 bits per heavy atom. The van der Waals surface area contributed by atoms with Crippen LogP contribution >= 0.6 is 0 Å². The molecule has 1 N–H and O–H groups in total. The first-order chi connectivity index (χ1) is 10.2. The fourth-order valence-corrected chi connectivity index (χ4v) is 2.74. The fraction of sp³-hybridized carbons (Fsp3) is 0.684. The summed E-state index contributed by atoms with van der Waals surface area (Å²) in [5.41, 5.74) is 2.38. The summed E-state index contributed by atoms with van der Waals surface area (Å²) < 4.78 is 5.92. The van der Waals surface area contributed by atoms with Crippen LogP contribution in [0.5, 0.6) is 5.75 Å². The molecule has 1 aromatic carbocycles. The van der Waals surface area contributed by atoms with E-state index in [0.717, 1.165) is 5.75 Å². The van der Waals surface area contributed by atoms with E-state index < -0.39 is 6.10 Å². The third kappa shape index (κ3) is 5.62. The maximum atomic E-state index is 10.3. The van der Waals surface area contributed by atoms with Crippen LogP contribution in [0.4, 0.5) is 0 Å². The second kappa shape index (κ2) is 8.54. The highest BCUT2D eigenvalue weighted by Crippen LogP contribution is 2.27. The van der Waals surface area contributed by atoms with Crippen molar-refractivity contribution < 1.29 is 9.84 Å². The van der Waals surface area contributed by atoms with Crippen molar-refractivity contribution in [2.75, 3.05) is 13.2 Å². The number of aryl methyl sites for hydroxylation is 1. The van der Waals surface area contributed by atoms with Gasteiger partial charge in [0.05, 0.1) is 0 Å². The molecular weight excluding hydrogens is 274 g/mol. The molecule has 0 amide bonds. The monoisotopic (exact) mass is 307 g/mol. The SMILES string of the molecule is Cc1ccc(C(C)C)c(OC[C@@H](O)CN(C(C)C)C(C)C)c1. The number of hydrogen-bond acceptors (Lipinski definition) is 3. The van der Waals surface area contributed by atoms with Gasteiger partial charge in [-0.25, -0.2) is 0 Å². The van der Waals surface area contributed by atoms with Gasteiger partial charge in [0.1, 0.15) is 18.5 Å². The maximum absolute atomic E-state index is 10.3. The summed E-state index contributed by atoms with van der Waals surface area (Å²) in [5, 5.41) is 10.3. The molecule has 0 saturated carbocycles. The first kappa shape index (κ1) is 19.0. The maximum Gasteiger partial charge on any atom is 0.123 e. The Kier molecular flexibility index (Phi) is 7.37. The quantitative estimate of drug-likeness (QED) is 0.788. The van der Waals surface area contributed by atoms with Gasteiger partial charge in [-0.15, -0.1) is 0 Å². The zero-order valence-electron chi connectivity index (χ0n) is 15.3. The average molecular weight is 307 g/mol. The van der Waals surface area contributed by atoms with Gasteiger partial charge in [0.2, 0.25) is 0 Å². The zero-order chi connectivity index (χ0) is 16.9. The molecular formula is C19H33NO2. The molecule has 0 aromatic heterocycles. The van der Waals surface area contributed by atoms with E-state index in [9.17, 15) is 5.11 Å². The molecule has 0 aliphatic carbocycles. The summed E-state index contributed by atoms with van der Waals surface area (Å²) in [6.07, 6.45) is -0.481.